The molecule has 3 N–H and O–H groups in total. The Balaban J connectivity index is 1.57. The molecule has 0 aliphatic heterocycles. The van der Waals surface area contributed by atoms with Gasteiger partial charge in [-0.05, 0) is 38.1 Å². The summed E-state index contributed by atoms with van der Waals surface area (Å²) in [6, 6.07) is 9.30. The Morgan fingerprint density at radius 2 is 1.80 bits per heavy atom. The van der Waals surface area contributed by atoms with Gasteiger partial charge in [0.2, 0.25) is 5.95 Å². The number of nitrogens with zero attached hydrogens (tertiary/aromatic N) is 4. The van der Waals surface area contributed by atoms with Crippen LogP contribution in [0, 0.1) is 13.8 Å². The lowest BCUT2D eigenvalue weighted by molar-refractivity contribution is 0.415. The van der Waals surface area contributed by atoms with Crippen molar-refractivity contribution in [3.05, 3.63) is 48.0 Å². The molecule has 0 aliphatic rings. The quantitative estimate of drug-likeness (QED) is 0.440. The molecular weight excluding hydrogens is 406 g/mol. The van der Waals surface area contributed by atoms with E-state index in [1.807, 2.05) is 37.3 Å². The van der Waals surface area contributed by atoms with Gasteiger partial charge in [-0.3, -0.25) is 0 Å². The highest BCUT2D eigenvalue weighted by molar-refractivity contribution is 7.89. The van der Waals surface area contributed by atoms with E-state index in [4.69, 9.17) is 4.74 Å². The van der Waals surface area contributed by atoms with Gasteiger partial charge in [0.05, 0.1) is 7.11 Å². The van der Waals surface area contributed by atoms with Crippen LogP contribution in [0.25, 0.3) is 0 Å². The molecule has 30 heavy (non-hydrogen) atoms. The van der Waals surface area contributed by atoms with Crippen LogP contribution < -0.4 is 20.1 Å². The van der Waals surface area contributed by atoms with E-state index in [1.165, 1.54) is 6.20 Å². The second-order valence-corrected chi connectivity index (χ2v) is 8.35. The summed E-state index contributed by atoms with van der Waals surface area (Å²) in [6.07, 6.45) is 1.48. The van der Waals surface area contributed by atoms with E-state index >= 15 is 0 Å². The van der Waals surface area contributed by atoms with Crippen molar-refractivity contribution in [1.82, 2.24) is 24.2 Å². The lowest BCUT2D eigenvalue weighted by Gasteiger charge is -2.11. The van der Waals surface area contributed by atoms with Crippen molar-refractivity contribution in [2.24, 2.45) is 7.05 Å². The molecule has 160 valence electrons. The summed E-state index contributed by atoms with van der Waals surface area (Å²) in [6.45, 7) is 4.08. The van der Waals surface area contributed by atoms with Crippen molar-refractivity contribution in [2.45, 2.75) is 18.9 Å². The van der Waals surface area contributed by atoms with Crippen molar-refractivity contribution >= 4 is 27.5 Å². The number of aryl methyl sites for hydroxylation is 3. The largest absolute Gasteiger partial charge is 0.497 e. The summed E-state index contributed by atoms with van der Waals surface area (Å²) in [5.74, 6) is 2.42. The molecule has 0 saturated heterocycles. The number of methoxy groups -OCH3 is 1. The number of sulfonamides is 1. The third-order valence-electron chi connectivity index (χ3n) is 4.28. The zero-order chi connectivity index (χ0) is 21.7. The lowest BCUT2D eigenvalue weighted by atomic mass is 10.3. The van der Waals surface area contributed by atoms with Crippen molar-refractivity contribution in [3.8, 4) is 5.75 Å². The van der Waals surface area contributed by atoms with Gasteiger partial charge in [-0.25, -0.2) is 23.1 Å². The highest BCUT2D eigenvalue weighted by Crippen LogP contribution is 2.20. The second kappa shape index (κ2) is 9.09. The lowest BCUT2D eigenvalue weighted by Crippen LogP contribution is -2.29. The van der Waals surface area contributed by atoms with Crippen LogP contribution in [0.5, 0.6) is 5.75 Å². The van der Waals surface area contributed by atoms with Crippen molar-refractivity contribution < 1.29 is 13.2 Å². The molecule has 3 rings (SSSR count). The fourth-order valence-electron chi connectivity index (χ4n) is 2.62. The first kappa shape index (κ1) is 21.5. The van der Waals surface area contributed by atoms with Crippen LogP contribution in [0.4, 0.5) is 17.5 Å². The molecule has 0 radical (unpaired) electrons. The van der Waals surface area contributed by atoms with Gasteiger partial charge in [-0.1, -0.05) is 0 Å². The zero-order valence-corrected chi connectivity index (χ0v) is 18.1. The van der Waals surface area contributed by atoms with Crippen LogP contribution in [0.3, 0.4) is 0 Å². The van der Waals surface area contributed by atoms with Gasteiger partial charge in [0.25, 0.3) is 10.0 Å². The molecule has 0 spiro atoms. The molecule has 0 fully saturated rings. The first-order chi connectivity index (χ1) is 14.3. The van der Waals surface area contributed by atoms with Crippen LogP contribution in [0.1, 0.15) is 11.5 Å². The number of nitrogens with one attached hydrogen (secondary N) is 3. The standard InChI is InChI=1S/C19H25N7O3S/c1-13-11-17(24-15-5-7-16(29-4)8-6-15)25-19(22-13)20-9-10-21-30(27,28)18-12-26(3)14(2)23-18/h5-8,11-12,21H,9-10H2,1-4H3,(H2,20,22,24,25). The monoisotopic (exact) mass is 431 g/mol. The molecule has 0 bridgehead atoms. The van der Waals surface area contributed by atoms with Crippen LogP contribution in [0.15, 0.2) is 41.6 Å². The fourth-order valence-corrected chi connectivity index (χ4v) is 3.69. The predicted molar refractivity (Wildman–Crippen MR) is 115 cm³/mol. The summed E-state index contributed by atoms with van der Waals surface area (Å²) in [5.41, 5.74) is 1.63. The molecule has 2 heterocycles. The Bertz CT molecular complexity index is 1090. The number of aromatic nitrogens is 4. The Hall–Kier alpha value is -3.18. The summed E-state index contributed by atoms with van der Waals surface area (Å²) in [7, 11) is -0.302. The molecule has 1 aromatic carbocycles. The third kappa shape index (κ3) is 5.45. The van der Waals surface area contributed by atoms with E-state index in [0.717, 1.165) is 17.1 Å². The first-order valence-corrected chi connectivity index (χ1v) is 10.8. The van der Waals surface area contributed by atoms with E-state index < -0.39 is 10.0 Å². The molecule has 0 amide bonds. The Labute approximate surface area is 175 Å². The maximum atomic E-state index is 12.3. The number of ether oxygens (including phenoxy) is 1. The van der Waals surface area contributed by atoms with Crippen LogP contribution in [-0.4, -0.2) is 48.1 Å². The number of rotatable bonds is 9. The van der Waals surface area contributed by atoms with E-state index in [9.17, 15) is 8.42 Å². The topological polar surface area (TPSA) is 123 Å². The summed E-state index contributed by atoms with van der Waals surface area (Å²) < 4.78 is 33.9. The summed E-state index contributed by atoms with van der Waals surface area (Å²) in [5, 5.41) is 6.25. The van der Waals surface area contributed by atoms with Crippen LogP contribution in [-0.2, 0) is 17.1 Å². The molecule has 2 aromatic heterocycles. The van der Waals surface area contributed by atoms with Crippen molar-refractivity contribution in [2.75, 3.05) is 30.8 Å². The summed E-state index contributed by atoms with van der Waals surface area (Å²) in [4.78, 5) is 12.8. The van der Waals surface area contributed by atoms with Gasteiger partial charge in [0.1, 0.15) is 17.4 Å². The van der Waals surface area contributed by atoms with Gasteiger partial charge < -0.3 is 19.9 Å². The molecule has 0 saturated carbocycles. The maximum Gasteiger partial charge on any atom is 0.259 e. The van der Waals surface area contributed by atoms with Crippen molar-refractivity contribution in [1.29, 1.82) is 0 Å². The average Bonchev–Trinajstić information content (AvgIpc) is 3.05. The SMILES string of the molecule is COc1ccc(Nc2cc(C)nc(NCCNS(=O)(=O)c3cn(C)c(C)n3)n2)cc1. The van der Waals surface area contributed by atoms with Crippen molar-refractivity contribution in [3.63, 3.8) is 0 Å². The number of benzene rings is 1. The second-order valence-electron chi connectivity index (χ2n) is 6.63. The normalized spacial score (nSPS) is 11.3. The Morgan fingerprint density at radius 3 is 2.43 bits per heavy atom. The van der Waals surface area contributed by atoms with Gasteiger partial charge in [0, 0.05) is 43.8 Å². The number of hydrogen-bond acceptors (Lipinski definition) is 8. The number of hydrogen-bond donors (Lipinski definition) is 3. The zero-order valence-electron chi connectivity index (χ0n) is 17.3. The molecule has 0 aliphatic carbocycles. The molecule has 11 heteroatoms. The number of anilines is 3. The van der Waals surface area contributed by atoms with Gasteiger partial charge in [-0.2, -0.15) is 4.98 Å². The predicted octanol–water partition coefficient (Wildman–Crippen LogP) is 1.97. The minimum absolute atomic E-state index is 0.000262. The minimum Gasteiger partial charge on any atom is -0.497 e. The minimum atomic E-state index is -3.66. The van der Waals surface area contributed by atoms with E-state index in [2.05, 4.69) is 30.3 Å². The smallest absolute Gasteiger partial charge is 0.259 e. The Kier molecular flexibility index (Phi) is 6.53. The highest BCUT2D eigenvalue weighted by Gasteiger charge is 2.17. The van der Waals surface area contributed by atoms with Crippen LogP contribution >= 0.6 is 0 Å². The first-order valence-electron chi connectivity index (χ1n) is 9.27. The van der Waals surface area contributed by atoms with E-state index in [0.29, 0.717) is 24.1 Å². The van der Waals surface area contributed by atoms with Gasteiger partial charge in [0.15, 0.2) is 5.03 Å². The third-order valence-corrected chi connectivity index (χ3v) is 5.61. The van der Waals surface area contributed by atoms with Crippen LogP contribution in [0.2, 0.25) is 0 Å². The van der Waals surface area contributed by atoms with Gasteiger partial charge in [-0.15, -0.1) is 0 Å². The molecule has 0 atom stereocenters. The molecule has 10 nitrogen and oxygen atoms in total. The average molecular weight is 432 g/mol. The number of imidazole rings is 1. The maximum absolute atomic E-state index is 12.3. The van der Waals surface area contributed by atoms with Gasteiger partial charge >= 0.3 is 0 Å². The fraction of sp³-hybridized carbons (Fsp3) is 0.316. The molecule has 0 unspecified atom stereocenters. The Morgan fingerprint density at radius 1 is 1.07 bits per heavy atom. The molecule has 3 aromatic rings. The highest BCUT2D eigenvalue weighted by atomic mass is 32.2. The van der Waals surface area contributed by atoms with E-state index in [1.54, 1.807) is 25.6 Å². The summed E-state index contributed by atoms with van der Waals surface area (Å²) >= 11 is 0. The molecular formula is C19H25N7O3S. The van der Waals surface area contributed by atoms with E-state index in [-0.39, 0.29) is 11.6 Å².